The van der Waals surface area contributed by atoms with Crippen molar-refractivity contribution in [3.8, 4) is 0 Å². The summed E-state index contributed by atoms with van der Waals surface area (Å²) >= 11 is 5.23. The molecule has 0 rings (SSSR count). The van der Waals surface area contributed by atoms with Crippen LogP contribution in [0.3, 0.4) is 0 Å². The van der Waals surface area contributed by atoms with Crippen LogP contribution >= 0.6 is 20.3 Å². The Kier molecular flexibility index (Phi) is 5.49. The lowest BCUT2D eigenvalue weighted by Gasteiger charge is -2.03. The molecular weight excluding hydrogens is 178 g/mol. The third-order valence-electron chi connectivity index (χ3n) is 0.864. The van der Waals surface area contributed by atoms with Crippen LogP contribution in [0.1, 0.15) is 0 Å². The third kappa shape index (κ3) is 3.77. The van der Waals surface area contributed by atoms with Gasteiger partial charge < -0.3 is 5.11 Å². The Morgan fingerprint density at radius 3 is 2.70 bits per heavy atom. The Balaban J connectivity index is 3.60. The van der Waals surface area contributed by atoms with Gasteiger partial charge >= 0.3 is 14.7 Å². The van der Waals surface area contributed by atoms with Gasteiger partial charge in [0.15, 0.2) is 0 Å². The minimum atomic E-state index is -1.04. The molecule has 0 amide bonds. The van der Waals surface area contributed by atoms with E-state index in [9.17, 15) is 9.36 Å². The van der Waals surface area contributed by atoms with Gasteiger partial charge in [0.05, 0.1) is 12.5 Å². The molecule has 1 atom stereocenters. The first kappa shape index (κ1) is 9.82. The van der Waals surface area contributed by atoms with E-state index in [1.54, 1.807) is 0 Å². The van der Waals surface area contributed by atoms with Crippen LogP contribution in [-0.2, 0) is 13.9 Å². The first-order valence-electron chi connectivity index (χ1n) is 2.45. The first-order chi connectivity index (χ1) is 4.72. The molecule has 1 N–H and O–H groups in total. The molecule has 0 heterocycles. The van der Waals surface area contributed by atoms with Crippen molar-refractivity contribution < 1.29 is 19.0 Å². The van der Waals surface area contributed by atoms with E-state index in [0.29, 0.717) is 0 Å². The second-order valence-corrected chi connectivity index (χ2v) is 2.28. The molecule has 0 saturated carbocycles. The van der Waals surface area contributed by atoms with E-state index in [0.717, 1.165) is 0 Å². The van der Waals surface area contributed by atoms with Gasteiger partial charge in [-0.1, -0.05) is 0 Å². The van der Waals surface area contributed by atoms with Crippen LogP contribution in [0.25, 0.3) is 0 Å². The topological polar surface area (TPSA) is 63.6 Å². The van der Waals surface area contributed by atoms with Crippen LogP contribution < -0.4 is 0 Å². The van der Waals surface area contributed by atoms with Crippen LogP contribution in [0.4, 0.5) is 0 Å². The summed E-state index contributed by atoms with van der Waals surface area (Å²) in [6, 6.07) is 0. The third-order valence-corrected chi connectivity index (χ3v) is 1.49. The van der Waals surface area contributed by atoms with Crippen LogP contribution in [0.5, 0.6) is 0 Å². The van der Waals surface area contributed by atoms with Gasteiger partial charge in [0.2, 0.25) is 0 Å². The van der Waals surface area contributed by atoms with Gasteiger partial charge in [-0.05, 0) is 0 Å². The monoisotopic (exact) mass is 184 g/mol. The highest BCUT2D eigenvalue weighted by Gasteiger charge is 2.15. The molecule has 0 bridgehead atoms. The maximum absolute atomic E-state index is 10.2. The van der Waals surface area contributed by atoms with Crippen LogP contribution in [0.2, 0.25) is 0 Å². The van der Waals surface area contributed by atoms with Crippen LogP contribution in [0.15, 0.2) is 0 Å². The summed E-state index contributed by atoms with van der Waals surface area (Å²) in [4.78, 5) is 10.2. The largest absolute Gasteiger partial charge is 0.481 e. The smallest absolute Gasteiger partial charge is 0.327 e. The zero-order chi connectivity index (χ0) is 7.98. The van der Waals surface area contributed by atoms with E-state index in [1.165, 1.54) is 0 Å². The lowest BCUT2D eigenvalue weighted by atomic mass is 10.2. The molecule has 0 radical (unpaired) electrons. The van der Waals surface area contributed by atoms with Crippen molar-refractivity contribution in [1.82, 2.24) is 0 Å². The van der Waals surface area contributed by atoms with Crippen molar-refractivity contribution >= 4 is 26.3 Å². The number of alkyl halides is 1. The molecule has 0 aromatic carbocycles. The number of rotatable bonds is 5. The molecule has 6 heteroatoms. The quantitative estimate of drug-likeness (QED) is 0.514. The van der Waals surface area contributed by atoms with E-state index in [2.05, 4.69) is 4.52 Å². The predicted molar refractivity (Wildman–Crippen MR) is 35.4 cm³/mol. The van der Waals surface area contributed by atoms with Gasteiger partial charge in [0.1, 0.15) is 0 Å². The molecule has 1 unspecified atom stereocenters. The fraction of sp³-hybridized carbons (Fsp3) is 0.750. The van der Waals surface area contributed by atoms with Crippen molar-refractivity contribution in [2.45, 2.75) is 0 Å². The van der Waals surface area contributed by atoms with Gasteiger partial charge in [-0.15, -0.1) is 11.6 Å². The highest BCUT2D eigenvalue weighted by atomic mass is 35.5. The number of carboxylic acid groups (broad SMARTS) is 1. The van der Waals surface area contributed by atoms with Crippen LogP contribution in [-0.4, -0.2) is 23.6 Å². The molecule has 0 spiro atoms. The molecule has 0 aromatic heterocycles. The van der Waals surface area contributed by atoms with Crippen LogP contribution in [0, 0.1) is 5.92 Å². The number of carbonyl (C=O) groups is 1. The molecule has 0 saturated heterocycles. The summed E-state index contributed by atoms with van der Waals surface area (Å²) < 4.78 is 14.0. The van der Waals surface area contributed by atoms with Crippen molar-refractivity contribution in [2.75, 3.05) is 12.5 Å². The molecule has 0 fully saturated rings. The standard InChI is InChI=1S/C4H6ClO4P/c5-1-3(4(6)7)2-9-10-8/h3H,1-2H2,(H,6,7). The SMILES string of the molecule is O=POCC(CCl)C(=O)O. The lowest BCUT2D eigenvalue weighted by molar-refractivity contribution is -0.141. The Morgan fingerprint density at radius 2 is 2.40 bits per heavy atom. The summed E-state index contributed by atoms with van der Waals surface area (Å²) in [6.07, 6.45) is 0. The zero-order valence-electron chi connectivity index (χ0n) is 4.99. The van der Waals surface area contributed by atoms with E-state index >= 15 is 0 Å². The highest BCUT2D eigenvalue weighted by Crippen LogP contribution is 2.05. The molecule has 0 aliphatic heterocycles. The maximum Gasteiger partial charge on any atom is 0.327 e. The van der Waals surface area contributed by atoms with E-state index in [1.807, 2.05) is 0 Å². The predicted octanol–water partition coefficient (Wildman–Crippen LogP) is 1.15. The van der Waals surface area contributed by atoms with Crippen molar-refractivity contribution in [3.05, 3.63) is 0 Å². The molecule has 0 aliphatic rings. The molecule has 4 nitrogen and oxygen atoms in total. The fourth-order valence-corrected chi connectivity index (χ4v) is 0.764. The summed E-state index contributed by atoms with van der Waals surface area (Å²) in [5, 5.41) is 8.33. The van der Waals surface area contributed by atoms with E-state index in [4.69, 9.17) is 16.7 Å². The van der Waals surface area contributed by atoms with Gasteiger partial charge in [-0.25, -0.2) is 4.57 Å². The Hall–Kier alpha value is -0.180. The molecule has 0 aliphatic carbocycles. The van der Waals surface area contributed by atoms with Gasteiger partial charge in [-0.2, -0.15) is 0 Å². The lowest BCUT2D eigenvalue weighted by Crippen LogP contribution is -2.19. The summed E-state index contributed by atoms with van der Waals surface area (Å²) in [5.74, 6) is -1.85. The normalized spacial score (nSPS) is 13.3. The second-order valence-electron chi connectivity index (χ2n) is 1.56. The average Bonchev–Trinajstić information content (AvgIpc) is 1.89. The Labute approximate surface area is 64.4 Å². The highest BCUT2D eigenvalue weighted by molar-refractivity contribution is 7.17. The zero-order valence-corrected chi connectivity index (χ0v) is 6.64. The van der Waals surface area contributed by atoms with Gasteiger partial charge in [-0.3, -0.25) is 9.32 Å². The number of hydrogen-bond acceptors (Lipinski definition) is 3. The van der Waals surface area contributed by atoms with Gasteiger partial charge in [0, 0.05) is 5.88 Å². The Morgan fingerprint density at radius 1 is 1.80 bits per heavy atom. The minimum absolute atomic E-state index is 0.0369. The molecule has 58 valence electrons. The van der Waals surface area contributed by atoms with E-state index in [-0.39, 0.29) is 12.5 Å². The summed E-state index contributed by atoms with van der Waals surface area (Å²) in [7, 11) is -0.517. The van der Waals surface area contributed by atoms with Crippen molar-refractivity contribution in [3.63, 3.8) is 0 Å². The van der Waals surface area contributed by atoms with E-state index < -0.39 is 20.6 Å². The average molecular weight is 185 g/mol. The minimum Gasteiger partial charge on any atom is -0.481 e. The molecule has 10 heavy (non-hydrogen) atoms. The molecular formula is C4H6ClO4P. The van der Waals surface area contributed by atoms with Crippen molar-refractivity contribution in [1.29, 1.82) is 0 Å². The Bertz CT molecular complexity index is 128. The fourth-order valence-electron chi connectivity index (χ4n) is 0.302. The summed E-state index contributed by atoms with van der Waals surface area (Å²) in [5.41, 5.74) is 0. The summed E-state index contributed by atoms with van der Waals surface area (Å²) in [6.45, 7) is -0.121. The van der Waals surface area contributed by atoms with Gasteiger partial charge in [0.25, 0.3) is 0 Å². The first-order valence-corrected chi connectivity index (χ1v) is 3.72. The van der Waals surface area contributed by atoms with Crippen molar-refractivity contribution in [2.24, 2.45) is 5.92 Å². The number of halogens is 1. The number of hydrogen-bond donors (Lipinski definition) is 1. The maximum atomic E-state index is 10.2. The molecule has 0 aromatic rings. The second kappa shape index (κ2) is 5.59. The number of carboxylic acids is 1. The number of aliphatic carboxylic acids is 1.